The van der Waals surface area contributed by atoms with Gasteiger partial charge in [-0.15, -0.1) is 0 Å². The Balaban J connectivity index is 3.25. The maximum absolute atomic E-state index is 5.41. The number of nitrogens with zero attached hydrogens (tertiary/aromatic N) is 1. The Bertz CT molecular complexity index is 323. The maximum atomic E-state index is 5.41. The third-order valence-corrected chi connectivity index (χ3v) is 2.53. The van der Waals surface area contributed by atoms with Gasteiger partial charge < -0.3 is 14.4 Å². The lowest BCUT2D eigenvalue weighted by Crippen LogP contribution is -2.12. The van der Waals surface area contributed by atoms with Gasteiger partial charge in [-0.25, -0.2) is 0 Å². The van der Waals surface area contributed by atoms with E-state index in [0.717, 1.165) is 30.0 Å². The predicted molar refractivity (Wildman–Crippen MR) is 67.9 cm³/mol. The highest BCUT2D eigenvalue weighted by Crippen LogP contribution is 2.38. The number of hydrogen-bond donors (Lipinski definition) is 0. The highest BCUT2D eigenvalue weighted by atomic mass is 16.5. The Hall–Kier alpha value is -1.38. The van der Waals surface area contributed by atoms with Crippen LogP contribution < -0.4 is 14.4 Å². The molecule has 0 N–H and O–H groups in total. The summed E-state index contributed by atoms with van der Waals surface area (Å²) in [6, 6.07) is 4.17. The molecule has 1 aromatic carbocycles. The molecule has 90 valence electrons. The van der Waals surface area contributed by atoms with Crippen LogP contribution in [-0.4, -0.2) is 28.3 Å². The Morgan fingerprint density at radius 2 is 1.56 bits per heavy atom. The number of methoxy groups -OCH3 is 2. The SMILES string of the molecule is CCCc1cc(OC)c(N(C)C)c(OC)c1. The van der Waals surface area contributed by atoms with Gasteiger partial charge in [0.25, 0.3) is 0 Å². The van der Waals surface area contributed by atoms with Crippen molar-refractivity contribution in [3.63, 3.8) is 0 Å². The Morgan fingerprint density at radius 3 is 1.88 bits per heavy atom. The van der Waals surface area contributed by atoms with Crippen LogP contribution in [0.25, 0.3) is 0 Å². The summed E-state index contributed by atoms with van der Waals surface area (Å²) in [7, 11) is 7.36. The van der Waals surface area contributed by atoms with Crippen LogP contribution in [0, 0.1) is 0 Å². The average Bonchev–Trinajstić information content (AvgIpc) is 2.27. The molecule has 0 saturated carbocycles. The summed E-state index contributed by atoms with van der Waals surface area (Å²) in [4.78, 5) is 2.01. The van der Waals surface area contributed by atoms with E-state index in [-0.39, 0.29) is 0 Å². The monoisotopic (exact) mass is 223 g/mol. The van der Waals surface area contributed by atoms with Gasteiger partial charge in [0.2, 0.25) is 0 Å². The summed E-state index contributed by atoms with van der Waals surface area (Å²) in [6.45, 7) is 2.17. The van der Waals surface area contributed by atoms with Crippen LogP contribution in [0.1, 0.15) is 18.9 Å². The largest absolute Gasteiger partial charge is 0.494 e. The van der Waals surface area contributed by atoms with E-state index in [1.54, 1.807) is 14.2 Å². The van der Waals surface area contributed by atoms with E-state index in [9.17, 15) is 0 Å². The minimum absolute atomic E-state index is 0.868. The number of ether oxygens (including phenoxy) is 2. The van der Waals surface area contributed by atoms with Gasteiger partial charge in [0.1, 0.15) is 17.2 Å². The average molecular weight is 223 g/mol. The zero-order valence-corrected chi connectivity index (χ0v) is 10.8. The van der Waals surface area contributed by atoms with Gasteiger partial charge in [-0.05, 0) is 24.1 Å². The van der Waals surface area contributed by atoms with Crippen molar-refractivity contribution < 1.29 is 9.47 Å². The van der Waals surface area contributed by atoms with Gasteiger partial charge in [-0.1, -0.05) is 13.3 Å². The molecule has 0 atom stereocenters. The second-order valence-corrected chi connectivity index (χ2v) is 3.99. The lowest BCUT2D eigenvalue weighted by atomic mass is 10.1. The normalized spacial score (nSPS) is 10.1. The third-order valence-electron chi connectivity index (χ3n) is 2.53. The number of benzene rings is 1. The van der Waals surface area contributed by atoms with E-state index in [1.165, 1.54) is 5.56 Å². The van der Waals surface area contributed by atoms with Gasteiger partial charge >= 0.3 is 0 Å². The van der Waals surface area contributed by atoms with E-state index in [2.05, 4.69) is 19.1 Å². The van der Waals surface area contributed by atoms with Crippen LogP contribution >= 0.6 is 0 Å². The standard InChI is InChI=1S/C13H21NO2/c1-6-7-10-8-11(15-4)13(14(2)3)12(9-10)16-5/h8-9H,6-7H2,1-5H3. The molecular formula is C13H21NO2. The molecule has 0 aromatic heterocycles. The Kier molecular flexibility index (Phi) is 4.47. The van der Waals surface area contributed by atoms with Crippen LogP contribution in [0.4, 0.5) is 5.69 Å². The van der Waals surface area contributed by atoms with Crippen LogP contribution in [0.5, 0.6) is 11.5 Å². The lowest BCUT2D eigenvalue weighted by Gasteiger charge is -2.20. The number of anilines is 1. The topological polar surface area (TPSA) is 21.7 Å². The lowest BCUT2D eigenvalue weighted by molar-refractivity contribution is 0.394. The summed E-state index contributed by atoms with van der Waals surface area (Å²) in [6.07, 6.45) is 2.16. The molecule has 0 fully saturated rings. The van der Waals surface area contributed by atoms with Gasteiger partial charge in [-0.3, -0.25) is 0 Å². The van der Waals surface area contributed by atoms with E-state index < -0.39 is 0 Å². The Morgan fingerprint density at radius 1 is 1.06 bits per heavy atom. The molecule has 0 saturated heterocycles. The smallest absolute Gasteiger partial charge is 0.146 e. The van der Waals surface area contributed by atoms with Crippen LogP contribution in [0.15, 0.2) is 12.1 Å². The molecule has 1 aromatic rings. The third kappa shape index (κ3) is 2.60. The quantitative estimate of drug-likeness (QED) is 0.766. The molecule has 0 spiro atoms. The molecule has 3 nitrogen and oxygen atoms in total. The number of rotatable bonds is 5. The molecule has 0 aliphatic rings. The first kappa shape index (κ1) is 12.7. The molecule has 3 heteroatoms. The maximum Gasteiger partial charge on any atom is 0.146 e. The first-order valence-electron chi connectivity index (χ1n) is 5.56. The second kappa shape index (κ2) is 5.64. The van der Waals surface area contributed by atoms with Crippen LogP contribution in [0.3, 0.4) is 0 Å². The molecule has 16 heavy (non-hydrogen) atoms. The summed E-state index contributed by atoms with van der Waals surface area (Å²) < 4.78 is 10.8. The second-order valence-electron chi connectivity index (χ2n) is 3.99. The summed E-state index contributed by atoms with van der Waals surface area (Å²) in [5.74, 6) is 1.74. The molecule has 0 aliphatic carbocycles. The fraction of sp³-hybridized carbons (Fsp3) is 0.538. The fourth-order valence-corrected chi connectivity index (χ4v) is 1.82. The molecular weight excluding hydrogens is 202 g/mol. The summed E-state index contributed by atoms with van der Waals surface area (Å²) in [5, 5.41) is 0. The molecule has 0 bridgehead atoms. The van der Waals surface area contributed by atoms with Gasteiger partial charge in [0, 0.05) is 14.1 Å². The molecule has 0 radical (unpaired) electrons. The van der Waals surface area contributed by atoms with Crippen molar-refractivity contribution in [1.82, 2.24) is 0 Å². The van der Waals surface area contributed by atoms with E-state index in [0.29, 0.717) is 0 Å². The van der Waals surface area contributed by atoms with Gasteiger partial charge in [0.05, 0.1) is 14.2 Å². The van der Waals surface area contributed by atoms with Crippen molar-refractivity contribution in [1.29, 1.82) is 0 Å². The molecule has 0 heterocycles. The number of aryl methyl sites for hydroxylation is 1. The van der Waals surface area contributed by atoms with Crippen molar-refractivity contribution in [2.45, 2.75) is 19.8 Å². The van der Waals surface area contributed by atoms with E-state index in [4.69, 9.17) is 9.47 Å². The van der Waals surface area contributed by atoms with E-state index >= 15 is 0 Å². The predicted octanol–water partition coefficient (Wildman–Crippen LogP) is 2.72. The molecule has 0 unspecified atom stereocenters. The van der Waals surface area contributed by atoms with Crippen LogP contribution in [0.2, 0.25) is 0 Å². The zero-order chi connectivity index (χ0) is 12.1. The van der Waals surface area contributed by atoms with Crippen molar-refractivity contribution in [3.05, 3.63) is 17.7 Å². The minimum atomic E-state index is 0.868. The number of hydrogen-bond acceptors (Lipinski definition) is 3. The molecule has 1 rings (SSSR count). The first-order valence-corrected chi connectivity index (χ1v) is 5.56. The highest BCUT2D eigenvalue weighted by molar-refractivity contribution is 5.68. The van der Waals surface area contributed by atoms with Gasteiger partial charge in [0.15, 0.2) is 0 Å². The van der Waals surface area contributed by atoms with Crippen molar-refractivity contribution >= 4 is 5.69 Å². The Labute approximate surface area is 98.0 Å². The van der Waals surface area contributed by atoms with Gasteiger partial charge in [-0.2, -0.15) is 0 Å². The first-order chi connectivity index (χ1) is 7.63. The van der Waals surface area contributed by atoms with Crippen molar-refractivity contribution in [2.24, 2.45) is 0 Å². The highest BCUT2D eigenvalue weighted by Gasteiger charge is 2.13. The fourth-order valence-electron chi connectivity index (χ4n) is 1.82. The van der Waals surface area contributed by atoms with Crippen molar-refractivity contribution in [3.8, 4) is 11.5 Å². The van der Waals surface area contributed by atoms with E-state index in [1.807, 2.05) is 19.0 Å². The summed E-state index contributed by atoms with van der Waals surface area (Å²) >= 11 is 0. The zero-order valence-electron chi connectivity index (χ0n) is 10.8. The molecule has 0 aliphatic heterocycles. The minimum Gasteiger partial charge on any atom is -0.494 e. The summed E-state index contributed by atoms with van der Waals surface area (Å²) in [5.41, 5.74) is 2.24. The molecule has 0 amide bonds. The van der Waals surface area contributed by atoms with Crippen molar-refractivity contribution in [2.75, 3.05) is 33.2 Å². The van der Waals surface area contributed by atoms with Crippen LogP contribution in [-0.2, 0) is 6.42 Å².